The van der Waals surface area contributed by atoms with Gasteiger partial charge in [-0.1, -0.05) is 77.9 Å². The molecule has 2 aromatic heterocycles. The van der Waals surface area contributed by atoms with Crippen molar-refractivity contribution >= 4 is 50.1 Å². The van der Waals surface area contributed by atoms with Crippen molar-refractivity contribution in [2.45, 2.75) is 103 Å². The van der Waals surface area contributed by atoms with Crippen molar-refractivity contribution in [3.8, 4) is 0 Å². The Balaban J connectivity index is 1.43. The molecule has 1 saturated heterocycles. The lowest BCUT2D eigenvalue weighted by molar-refractivity contribution is -0.0383. The average Bonchev–Trinajstić information content (AvgIpc) is 3.50. The van der Waals surface area contributed by atoms with E-state index in [1.54, 1.807) is 6.33 Å². The summed E-state index contributed by atoms with van der Waals surface area (Å²) in [6.07, 6.45) is 3.60. The lowest BCUT2D eigenvalue weighted by atomic mass is 10.1. The molecule has 1 N–H and O–H groups in total. The Kier molecular flexibility index (Phi) is 8.17. The molecule has 4 aromatic rings. The van der Waals surface area contributed by atoms with Gasteiger partial charge in [0, 0.05) is 17.5 Å². The number of fused-ring (bicyclic) bond motifs is 2. The van der Waals surface area contributed by atoms with E-state index in [1.807, 2.05) is 29.1 Å². The minimum atomic E-state index is -2.05. The van der Waals surface area contributed by atoms with Crippen molar-refractivity contribution in [1.82, 2.24) is 19.5 Å². The largest absolute Gasteiger partial charge is 0.414 e. The molecule has 2 aromatic carbocycles. The maximum Gasteiger partial charge on any atom is 0.192 e. The maximum absolute atomic E-state index is 6.98. The number of ether oxygens (including phenoxy) is 1. The molecule has 10 heteroatoms. The molecule has 1 aliphatic rings. The second kappa shape index (κ2) is 11.1. The standard InChI is InChI=1S/C32H47N5O3Si2/c1-31(2,3)41(7,8)38-19-26-25(40-42(9,10)32(4,5)6)18-27(39-26)37-21-35-28-29(33-20-34-30(28)37)36-24-17-13-15-22-14-11-12-16-23(22)24/h11-17,20-21,25-27H,18-19H2,1-10H3,(H,33,34,36)/t25-,26+,27+/m0/s1. The predicted octanol–water partition coefficient (Wildman–Crippen LogP) is 8.42. The SMILES string of the molecule is CC(C)(C)[Si](C)(C)OC[C@H]1O[C@@H](n2cnc3c(Nc4cccc5ccccc45)ncnc32)C[C@@H]1O[Si](C)(C)C(C)(C)C. The Labute approximate surface area is 252 Å². The summed E-state index contributed by atoms with van der Waals surface area (Å²) < 4.78 is 22.4. The van der Waals surface area contributed by atoms with Crippen LogP contribution in [0.4, 0.5) is 11.5 Å². The highest BCUT2D eigenvalue weighted by Gasteiger charge is 2.47. The maximum atomic E-state index is 6.98. The first kappa shape index (κ1) is 30.8. The molecule has 0 amide bonds. The molecule has 8 nitrogen and oxygen atoms in total. The Morgan fingerprint density at radius 3 is 2.31 bits per heavy atom. The van der Waals surface area contributed by atoms with Crippen LogP contribution in [0.3, 0.4) is 0 Å². The van der Waals surface area contributed by atoms with E-state index in [0.717, 1.165) is 22.1 Å². The fraction of sp³-hybridized carbons (Fsp3) is 0.531. The van der Waals surface area contributed by atoms with Gasteiger partial charge in [0.25, 0.3) is 0 Å². The molecule has 226 valence electrons. The van der Waals surface area contributed by atoms with Gasteiger partial charge in [0.15, 0.2) is 33.6 Å². The number of hydrogen-bond acceptors (Lipinski definition) is 7. The van der Waals surface area contributed by atoms with Crippen LogP contribution in [-0.2, 0) is 13.6 Å². The summed E-state index contributed by atoms with van der Waals surface area (Å²) in [5.74, 6) is 0.667. The van der Waals surface area contributed by atoms with Crippen LogP contribution >= 0.6 is 0 Å². The van der Waals surface area contributed by atoms with Gasteiger partial charge in [-0.15, -0.1) is 0 Å². The Morgan fingerprint density at radius 1 is 0.905 bits per heavy atom. The smallest absolute Gasteiger partial charge is 0.192 e. The third kappa shape index (κ3) is 6.05. The highest BCUT2D eigenvalue weighted by molar-refractivity contribution is 6.74. The number of hydrogen-bond donors (Lipinski definition) is 1. The van der Waals surface area contributed by atoms with E-state index in [-0.39, 0.29) is 28.5 Å². The monoisotopic (exact) mass is 605 g/mol. The molecule has 0 radical (unpaired) electrons. The third-order valence-electron chi connectivity index (χ3n) is 9.56. The van der Waals surface area contributed by atoms with E-state index in [1.165, 1.54) is 0 Å². The molecular formula is C32H47N5O3Si2. The van der Waals surface area contributed by atoms with Crippen molar-refractivity contribution < 1.29 is 13.6 Å². The normalized spacial score (nSPS) is 20.5. The predicted molar refractivity (Wildman–Crippen MR) is 176 cm³/mol. The highest BCUT2D eigenvalue weighted by Crippen LogP contribution is 2.43. The number of benzene rings is 2. The molecule has 0 saturated carbocycles. The second-order valence-corrected chi connectivity index (χ2v) is 24.1. The highest BCUT2D eigenvalue weighted by atomic mass is 28.4. The van der Waals surface area contributed by atoms with Gasteiger partial charge in [0.2, 0.25) is 0 Å². The molecule has 0 bridgehead atoms. The number of nitrogens with zero attached hydrogens (tertiary/aromatic N) is 4. The number of nitrogens with one attached hydrogen (secondary N) is 1. The first-order chi connectivity index (χ1) is 19.6. The van der Waals surface area contributed by atoms with E-state index in [9.17, 15) is 0 Å². The van der Waals surface area contributed by atoms with Gasteiger partial charge in [-0.05, 0) is 47.7 Å². The van der Waals surface area contributed by atoms with E-state index in [0.29, 0.717) is 24.4 Å². The molecule has 1 fully saturated rings. The quantitative estimate of drug-likeness (QED) is 0.202. The molecule has 42 heavy (non-hydrogen) atoms. The molecule has 1 aliphatic heterocycles. The van der Waals surface area contributed by atoms with Crippen LogP contribution < -0.4 is 5.32 Å². The zero-order valence-electron chi connectivity index (χ0n) is 26.9. The summed E-state index contributed by atoms with van der Waals surface area (Å²) in [6, 6.07) is 14.5. The number of anilines is 2. The Morgan fingerprint density at radius 2 is 1.60 bits per heavy atom. The molecule has 0 spiro atoms. The summed E-state index contributed by atoms with van der Waals surface area (Å²) in [5, 5.41) is 6.00. The molecule has 0 aliphatic carbocycles. The molecule has 5 rings (SSSR count). The van der Waals surface area contributed by atoms with Crippen LogP contribution in [0.1, 0.15) is 54.2 Å². The average molecular weight is 606 g/mol. The summed E-state index contributed by atoms with van der Waals surface area (Å²) in [7, 11) is -4.02. The van der Waals surface area contributed by atoms with Gasteiger partial charge in [-0.3, -0.25) is 4.57 Å². The minimum absolute atomic E-state index is 0.0757. The molecule has 3 atom stereocenters. The Hall–Kier alpha value is -2.64. The van der Waals surface area contributed by atoms with E-state index < -0.39 is 16.6 Å². The lowest BCUT2D eigenvalue weighted by Crippen LogP contribution is -2.48. The van der Waals surface area contributed by atoms with Crippen molar-refractivity contribution in [2.24, 2.45) is 0 Å². The number of imidazole rings is 1. The fourth-order valence-corrected chi connectivity index (χ4v) is 7.20. The van der Waals surface area contributed by atoms with Crippen molar-refractivity contribution in [3.05, 3.63) is 55.1 Å². The number of rotatable bonds is 8. The second-order valence-electron chi connectivity index (χ2n) is 14.6. The van der Waals surface area contributed by atoms with Gasteiger partial charge in [-0.25, -0.2) is 15.0 Å². The fourth-order valence-electron chi connectivity index (χ4n) is 4.82. The summed E-state index contributed by atoms with van der Waals surface area (Å²) in [6.45, 7) is 23.3. The first-order valence-corrected chi connectivity index (χ1v) is 20.8. The minimum Gasteiger partial charge on any atom is -0.414 e. The van der Waals surface area contributed by atoms with Crippen molar-refractivity contribution in [2.75, 3.05) is 11.9 Å². The lowest BCUT2D eigenvalue weighted by Gasteiger charge is -2.40. The summed E-state index contributed by atoms with van der Waals surface area (Å²) >= 11 is 0. The van der Waals surface area contributed by atoms with E-state index >= 15 is 0 Å². The molecule has 3 heterocycles. The van der Waals surface area contributed by atoms with Gasteiger partial charge in [0.1, 0.15) is 18.7 Å². The zero-order valence-corrected chi connectivity index (χ0v) is 28.9. The van der Waals surface area contributed by atoms with Crippen molar-refractivity contribution in [1.29, 1.82) is 0 Å². The molecular weight excluding hydrogens is 559 g/mol. The van der Waals surface area contributed by atoms with Crippen LogP contribution in [0.15, 0.2) is 55.1 Å². The van der Waals surface area contributed by atoms with Crippen LogP contribution in [0.2, 0.25) is 36.3 Å². The van der Waals surface area contributed by atoms with Gasteiger partial charge >= 0.3 is 0 Å². The van der Waals surface area contributed by atoms with Gasteiger partial charge < -0.3 is 18.9 Å². The van der Waals surface area contributed by atoms with Crippen LogP contribution in [0.5, 0.6) is 0 Å². The topological polar surface area (TPSA) is 83.3 Å². The van der Waals surface area contributed by atoms with Gasteiger partial charge in [0.05, 0.1) is 19.0 Å². The van der Waals surface area contributed by atoms with Gasteiger partial charge in [-0.2, -0.15) is 0 Å². The number of aromatic nitrogens is 4. The van der Waals surface area contributed by atoms with Crippen LogP contribution in [0.25, 0.3) is 21.9 Å². The summed E-state index contributed by atoms with van der Waals surface area (Å²) in [4.78, 5) is 14.0. The van der Waals surface area contributed by atoms with Crippen molar-refractivity contribution in [3.63, 3.8) is 0 Å². The van der Waals surface area contributed by atoms with E-state index in [2.05, 4.69) is 107 Å². The molecule has 0 unspecified atom stereocenters. The van der Waals surface area contributed by atoms with Crippen LogP contribution in [0, 0.1) is 0 Å². The van der Waals surface area contributed by atoms with Crippen LogP contribution in [-0.4, -0.2) is 55.0 Å². The zero-order chi connectivity index (χ0) is 30.5. The van der Waals surface area contributed by atoms with E-state index in [4.69, 9.17) is 18.6 Å². The summed E-state index contributed by atoms with van der Waals surface area (Å²) in [5.41, 5.74) is 2.41. The third-order valence-corrected chi connectivity index (χ3v) is 18.6. The Bertz CT molecular complexity index is 1550. The first-order valence-electron chi connectivity index (χ1n) is 15.0.